The van der Waals surface area contributed by atoms with Crippen molar-refractivity contribution in [3.63, 3.8) is 0 Å². The third kappa shape index (κ3) is 15.9. The minimum atomic E-state index is -1.01. The van der Waals surface area contributed by atoms with Gasteiger partial charge in [0.2, 0.25) is 0 Å². The summed E-state index contributed by atoms with van der Waals surface area (Å²) >= 11 is 0. The van der Waals surface area contributed by atoms with Crippen LogP contribution in [0.2, 0.25) is 0 Å². The van der Waals surface area contributed by atoms with E-state index in [-0.39, 0.29) is 70.0 Å². The van der Waals surface area contributed by atoms with Crippen molar-refractivity contribution in [2.45, 2.75) is 181 Å². The maximum atomic E-state index is 15.1. The Hall–Kier alpha value is -14.4. The van der Waals surface area contributed by atoms with Crippen LogP contribution >= 0.6 is 0 Å². The lowest BCUT2D eigenvalue weighted by molar-refractivity contribution is 0.0158. The number of benzene rings is 5. The molecule has 0 unspecified atom stereocenters. The van der Waals surface area contributed by atoms with E-state index in [9.17, 15) is 51.8 Å². The SMILES string of the molecule is C[C@H]1C[C@]1(c1noc(=O)[nH]1)n1c(C(=O)O)cc2cc(C3CCOCC3)ccc21.Cc1cc(-n2nc3c(c2-n2cc[nH]c2=O)[C@H](C)N(C(=O)OC(C)(C)C)CC3)ccc1F.Cc1cc(-n2nc3c(c2-n2cc[nH]c2=O)[C@H](C)N(C(=O)c2cc4cc(C5CCOCC5)ccc4n2[C@@]2(c4noc(=O)[nH]4)C[C@@H]2C)CC3)ccc1F.Cc1cc(-n2nc3c(c2-n2cc[nH]c2=O)[C@H](C)NCC3)ccc1F. The minimum Gasteiger partial charge on any atom is -0.477 e. The minimum absolute atomic E-state index is 0.0606. The van der Waals surface area contributed by atoms with Crippen molar-refractivity contribution in [2.75, 3.05) is 46.1 Å². The Balaban J connectivity index is 0.000000121. The zero-order chi connectivity index (χ0) is 94.0. The summed E-state index contributed by atoms with van der Waals surface area (Å²) in [6, 6.07) is 29.7. The van der Waals surface area contributed by atoms with E-state index >= 15 is 4.79 Å². The van der Waals surface area contributed by atoms with E-state index < -0.39 is 46.3 Å². The van der Waals surface area contributed by atoms with Gasteiger partial charge in [0.15, 0.2) is 11.6 Å². The third-order valence-corrected chi connectivity index (χ3v) is 27.3. The maximum Gasteiger partial charge on any atom is 0.438 e. The van der Waals surface area contributed by atoms with Gasteiger partial charge >= 0.3 is 40.6 Å². The van der Waals surface area contributed by atoms with Crippen LogP contribution in [0.1, 0.15) is 218 Å². The molecule has 22 rings (SSSR count). The number of ether oxygens (including phenoxy) is 3. The molecular formula is C96H102F3N21O14. The van der Waals surface area contributed by atoms with Crippen LogP contribution in [0.3, 0.4) is 0 Å². The average molecular weight is 1830 g/mol. The second-order valence-corrected chi connectivity index (χ2v) is 36.8. The van der Waals surface area contributed by atoms with E-state index in [2.05, 4.69) is 84.7 Å². The van der Waals surface area contributed by atoms with Gasteiger partial charge in [-0.1, -0.05) is 36.3 Å². The molecule has 4 fully saturated rings. The fraction of sp³-hybridized carbons (Fsp3) is 0.385. The average Bonchev–Trinajstić information content (AvgIpc) is 1.53. The Bertz CT molecular complexity index is 7420. The van der Waals surface area contributed by atoms with Gasteiger partial charge < -0.3 is 58.5 Å². The second-order valence-electron chi connectivity index (χ2n) is 36.8. The lowest BCUT2D eigenvalue weighted by Gasteiger charge is -2.34. The van der Waals surface area contributed by atoms with Crippen LogP contribution in [-0.4, -0.2) is 172 Å². The number of halogens is 3. The van der Waals surface area contributed by atoms with Crippen molar-refractivity contribution < 1.29 is 55.9 Å². The largest absolute Gasteiger partial charge is 0.477 e. The number of aromatic carboxylic acids is 1. The number of nitrogens with zero attached hydrogens (tertiary/aromatic N) is 15. The van der Waals surface area contributed by atoms with Crippen LogP contribution in [0, 0.1) is 50.1 Å². The highest BCUT2D eigenvalue weighted by Crippen LogP contribution is 2.58. The van der Waals surface area contributed by atoms with E-state index in [1.54, 1.807) is 128 Å². The van der Waals surface area contributed by atoms with Crippen molar-refractivity contribution >= 4 is 39.8 Å². The lowest BCUT2D eigenvalue weighted by Crippen LogP contribution is -2.42. The summed E-state index contributed by atoms with van der Waals surface area (Å²) in [6.45, 7) is 25.2. The van der Waals surface area contributed by atoms with Crippen molar-refractivity contribution in [1.29, 1.82) is 0 Å². The van der Waals surface area contributed by atoms with E-state index in [0.29, 0.717) is 113 Å². The Labute approximate surface area is 762 Å². The fourth-order valence-electron chi connectivity index (χ4n) is 20.2. The van der Waals surface area contributed by atoms with Crippen LogP contribution in [0.4, 0.5) is 18.0 Å². The molecule has 696 valence electrons. The Morgan fingerprint density at radius 3 is 1.26 bits per heavy atom. The number of hydrogen-bond donors (Lipinski definition) is 7. The summed E-state index contributed by atoms with van der Waals surface area (Å²) in [5.74, 6) is 0.0457. The van der Waals surface area contributed by atoms with Gasteiger partial charge in [-0.05, 0) is 243 Å². The molecule has 10 aromatic heterocycles. The van der Waals surface area contributed by atoms with E-state index in [1.807, 2.05) is 63.1 Å². The topological polar surface area (TPSA) is 412 Å². The summed E-state index contributed by atoms with van der Waals surface area (Å²) in [5.41, 5.74) is 10.2. The number of hydrogen-bond acceptors (Lipinski definition) is 19. The van der Waals surface area contributed by atoms with Crippen LogP contribution in [0.25, 0.3) is 56.3 Å². The van der Waals surface area contributed by atoms with Crippen LogP contribution < -0.4 is 33.9 Å². The van der Waals surface area contributed by atoms with Gasteiger partial charge in [0.05, 0.1) is 46.2 Å². The molecule has 0 radical (unpaired) electrons. The Morgan fingerprint density at radius 1 is 0.500 bits per heavy atom. The number of aryl methyl sites for hydroxylation is 3. The first-order valence-corrected chi connectivity index (χ1v) is 45.1. The zero-order valence-electron chi connectivity index (χ0n) is 75.7. The predicted octanol–water partition coefficient (Wildman–Crippen LogP) is 13.2. The van der Waals surface area contributed by atoms with Gasteiger partial charge in [0.25, 0.3) is 5.91 Å². The maximum absolute atomic E-state index is 15.1. The zero-order valence-corrected chi connectivity index (χ0v) is 75.7. The first-order valence-electron chi connectivity index (χ1n) is 45.1. The molecular weight excluding hydrogens is 1730 g/mol. The number of fused-ring (bicyclic) bond motifs is 5. The first kappa shape index (κ1) is 88.9. The van der Waals surface area contributed by atoms with Crippen molar-refractivity contribution in [2.24, 2.45) is 11.8 Å². The molecule has 0 bridgehead atoms. The van der Waals surface area contributed by atoms with E-state index in [1.165, 1.54) is 38.5 Å². The first-order chi connectivity index (χ1) is 64.3. The summed E-state index contributed by atoms with van der Waals surface area (Å²) in [5, 5.41) is 37.5. The molecule has 0 spiro atoms. The molecule has 134 heavy (non-hydrogen) atoms. The van der Waals surface area contributed by atoms with Gasteiger partial charge in [0.1, 0.15) is 63.0 Å². The monoisotopic (exact) mass is 1830 g/mol. The molecule has 15 aromatic rings. The Kier molecular flexibility index (Phi) is 23.0. The molecule has 2 saturated heterocycles. The van der Waals surface area contributed by atoms with Gasteiger partial charge in [-0.25, -0.2) is 60.8 Å². The molecule has 5 aliphatic heterocycles. The number of nitrogens with one attached hydrogen (secondary N) is 6. The normalized spacial score (nSPS) is 20.5. The highest BCUT2D eigenvalue weighted by Gasteiger charge is 2.61. The molecule has 7 aliphatic rings. The third-order valence-electron chi connectivity index (χ3n) is 27.3. The highest BCUT2D eigenvalue weighted by molar-refractivity contribution is 6.00. The van der Waals surface area contributed by atoms with Crippen LogP contribution in [0.15, 0.2) is 173 Å². The molecule has 7 atom stereocenters. The molecule has 5 aromatic carbocycles. The number of H-pyrrole nitrogens is 5. The predicted molar refractivity (Wildman–Crippen MR) is 485 cm³/mol. The summed E-state index contributed by atoms with van der Waals surface area (Å²) in [4.78, 5) is 118. The molecule has 2 aliphatic carbocycles. The van der Waals surface area contributed by atoms with E-state index in [0.717, 1.165) is 126 Å². The number of imidazole rings is 3. The molecule has 35 nitrogen and oxygen atoms in total. The number of carboxylic acids is 1. The van der Waals surface area contributed by atoms with Crippen molar-refractivity contribution in [3.05, 3.63) is 295 Å². The van der Waals surface area contributed by atoms with Crippen LogP contribution in [0.5, 0.6) is 0 Å². The molecule has 2 saturated carbocycles. The summed E-state index contributed by atoms with van der Waals surface area (Å²) < 4.78 is 81.5. The Morgan fingerprint density at radius 2 is 0.888 bits per heavy atom. The van der Waals surface area contributed by atoms with Gasteiger partial charge in [-0.2, -0.15) is 15.3 Å². The molecule has 7 N–H and O–H groups in total. The van der Waals surface area contributed by atoms with Crippen molar-refractivity contribution in [1.82, 2.24) is 103 Å². The number of aromatic nitrogens is 18. The van der Waals surface area contributed by atoms with Gasteiger partial charge in [0, 0.05) is 147 Å². The second kappa shape index (κ2) is 34.6. The number of aromatic amines is 5. The standard InChI is InChI=1S/C37H37FN8O5.C22H26FN5O3.C20H21N3O5.C17H18FN5O/c1-20-16-26(5-6-27(20)38)46-32(44-13-11-39-35(44)48)31-22(3)43(12-8-28(31)41-46)33(47)30-18-25-17-24(23-9-14-50-15-10-23)4-7-29(25)45(30)37(19-21(37)2)34-40-36(49)51-42-34;1-13-12-15(6-7-16(13)23)28-19(27-11-9-24-20(27)29)18-14(2)26(10-8-17(18)25-28)21(30)31-22(3,4)5;1-11-10-20(11,18-21-19(26)28-22-18)23-15-3-2-13(12-4-6-27-7-5-12)8-14(15)9-16(23)17(24)25;1-10-9-12(3-4-13(10)18)23-16(22-8-7-20-17(22)24)15-11(2)19-6-5-14(15)21-23/h4-7,11,13,16-18,21-23H,8-10,12,14-15,19H2,1-3H3,(H,39,48)(H,40,42,49);6-7,9,11-12,14H,8,10H2,1-5H3,(H,24,29);2-3,8-9,11-12H,4-7,10H2,1H3,(H,24,25)(H,21,22,26);3-4,7-9,11,19H,5-6H2,1-2H3,(H,20,24)/t21-,22-,37-;14-;11-,20-;11-/m0000/s1. The molecule has 2 amide bonds. The molecule has 15 heterocycles. The van der Waals surface area contributed by atoms with Gasteiger partial charge in [-0.15, -0.1) is 0 Å². The number of carbonyl (C=O) groups is 3. The molecule has 38 heteroatoms. The van der Waals surface area contributed by atoms with Gasteiger partial charge in [-0.3, -0.25) is 37.5 Å². The fourth-order valence-corrected chi connectivity index (χ4v) is 20.2. The van der Waals surface area contributed by atoms with Crippen molar-refractivity contribution in [3.8, 4) is 34.5 Å². The summed E-state index contributed by atoms with van der Waals surface area (Å²) in [6.07, 6.45) is 16.1. The highest BCUT2D eigenvalue weighted by atomic mass is 19.1. The smallest absolute Gasteiger partial charge is 0.438 e. The number of carboxylic acid groups (broad SMARTS) is 1. The van der Waals surface area contributed by atoms with E-state index in [4.69, 9.17) is 38.6 Å². The quantitative estimate of drug-likeness (QED) is 0.0531. The number of amides is 2. The summed E-state index contributed by atoms with van der Waals surface area (Å²) in [7, 11) is 0. The number of carbonyl (C=O) groups excluding carboxylic acids is 2. The van der Waals surface area contributed by atoms with Crippen LogP contribution in [-0.2, 0) is 44.6 Å². The lowest BCUT2D eigenvalue weighted by atomic mass is 9.91. The number of rotatable bonds is 14.